The van der Waals surface area contributed by atoms with Crippen LogP contribution >= 0.6 is 0 Å². The fourth-order valence-electron chi connectivity index (χ4n) is 3.47. The molecule has 4 rings (SSSR count). The number of alkyl halides is 3. The molecular formula is C23H21F7N4O5S. The van der Waals surface area contributed by atoms with Gasteiger partial charge in [0.1, 0.15) is 29.0 Å². The molecule has 1 saturated heterocycles. The van der Waals surface area contributed by atoms with Crippen LogP contribution in [0.3, 0.4) is 0 Å². The summed E-state index contributed by atoms with van der Waals surface area (Å²) in [6.45, 7) is 3.03. The van der Waals surface area contributed by atoms with Crippen LogP contribution in [0.4, 0.5) is 42.2 Å². The predicted molar refractivity (Wildman–Crippen MR) is 126 cm³/mol. The number of carbonyl (C=O) groups is 1. The topological polar surface area (TPSA) is 125 Å². The van der Waals surface area contributed by atoms with E-state index in [2.05, 4.69) is 10.5 Å². The first-order chi connectivity index (χ1) is 18.6. The molecule has 0 bridgehead atoms. The van der Waals surface area contributed by atoms with E-state index in [1.165, 1.54) is 13.0 Å². The summed E-state index contributed by atoms with van der Waals surface area (Å²) in [7, 11) is -4.64. The van der Waals surface area contributed by atoms with E-state index in [-0.39, 0.29) is 35.7 Å². The number of sulfonamides is 1. The zero-order valence-corrected chi connectivity index (χ0v) is 21.3. The maximum atomic E-state index is 14.6. The van der Waals surface area contributed by atoms with Gasteiger partial charge in [-0.25, -0.2) is 30.8 Å². The Hall–Kier alpha value is -3.86. The van der Waals surface area contributed by atoms with Crippen molar-refractivity contribution < 1.29 is 53.6 Å². The van der Waals surface area contributed by atoms with Crippen molar-refractivity contribution >= 4 is 27.5 Å². The minimum atomic E-state index is -5.08. The van der Waals surface area contributed by atoms with Crippen molar-refractivity contribution in [3.8, 4) is 0 Å². The predicted octanol–water partition coefficient (Wildman–Crippen LogP) is 4.79. The van der Waals surface area contributed by atoms with Crippen LogP contribution < -0.4 is 10.0 Å². The number of likely N-dealkylation sites (tertiary alicyclic amines) is 1. The summed E-state index contributed by atoms with van der Waals surface area (Å²) in [5.41, 5.74) is 0.0525. The Labute approximate surface area is 222 Å². The number of nitrogens with one attached hydrogen (secondary N) is 2. The van der Waals surface area contributed by atoms with E-state index in [9.17, 15) is 39.2 Å². The van der Waals surface area contributed by atoms with Crippen LogP contribution in [0, 0.1) is 30.2 Å². The summed E-state index contributed by atoms with van der Waals surface area (Å²) in [5, 5.41) is 13.2. The third-order valence-corrected chi connectivity index (χ3v) is 6.90. The molecule has 9 nitrogen and oxygen atoms in total. The molecule has 0 saturated carbocycles. The lowest BCUT2D eigenvalue weighted by Gasteiger charge is -2.31. The number of hydrogen-bond donors (Lipinski definition) is 3. The molecule has 3 aromatic rings. The van der Waals surface area contributed by atoms with Gasteiger partial charge in [-0.15, -0.1) is 0 Å². The van der Waals surface area contributed by atoms with Gasteiger partial charge in [0.25, 0.3) is 10.0 Å². The van der Waals surface area contributed by atoms with Gasteiger partial charge in [0.15, 0.2) is 10.7 Å². The normalized spacial score (nSPS) is 13.7. The third kappa shape index (κ3) is 7.62. The lowest BCUT2D eigenvalue weighted by molar-refractivity contribution is -0.192. The van der Waals surface area contributed by atoms with Crippen LogP contribution in [0.25, 0.3) is 0 Å². The lowest BCUT2D eigenvalue weighted by atomic mass is 10.0. The third-order valence-electron chi connectivity index (χ3n) is 5.49. The molecule has 0 unspecified atom stereocenters. The standard InChI is InChI=1S/C21H20F4N4O3S.C2HF3O2/c1-12-7-20(27-32-12)28-33(30,31)21-18(24)8-13(9-19(21)25)26-10-14-15(11-29-5-2-6-29)17(23)4-3-16(14)22;3-2(4,5)1(6)7/h3-4,7-9,26H,2,5-6,10-11H2,1H3,(H,27,28);(H,6,7). The molecule has 1 aliphatic heterocycles. The number of benzene rings is 2. The zero-order chi connectivity index (χ0) is 29.8. The van der Waals surface area contributed by atoms with Crippen LogP contribution in [0.1, 0.15) is 23.3 Å². The van der Waals surface area contributed by atoms with Gasteiger partial charge in [-0.05, 0) is 50.7 Å². The maximum absolute atomic E-state index is 14.6. The van der Waals surface area contributed by atoms with Crippen molar-refractivity contribution in [1.29, 1.82) is 0 Å². The molecule has 218 valence electrons. The molecule has 1 fully saturated rings. The van der Waals surface area contributed by atoms with Crippen LogP contribution in [0.5, 0.6) is 0 Å². The number of nitrogens with zero attached hydrogens (tertiary/aromatic N) is 2. The largest absolute Gasteiger partial charge is 0.490 e. The highest BCUT2D eigenvalue weighted by Gasteiger charge is 2.38. The van der Waals surface area contributed by atoms with Crippen LogP contribution in [-0.2, 0) is 27.9 Å². The molecule has 40 heavy (non-hydrogen) atoms. The Kier molecular flexibility index (Phi) is 9.29. The van der Waals surface area contributed by atoms with Gasteiger partial charge in [0.05, 0.1) is 0 Å². The second-order valence-corrected chi connectivity index (χ2v) is 10.1. The highest BCUT2D eigenvalue weighted by Crippen LogP contribution is 2.27. The molecule has 0 atom stereocenters. The van der Waals surface area contributed by atoms with Gasteiger partial charge < -0.3 is 14.9 Å². The van der Waals surface area contributed by atoms with Crippen LogP contribution in [0.2, 0.25) is 0 Å². The number of rotatable bonds is 8. The van der Waals surface area contributed by atoms with E-state index >= 15 is 0 Å². The number of aryl methyl sites for hydroxylation is 1. The Morgan fingerprint density at radius 1 is 1.02 bits per heavy atom. The number of carboxylic acids is 1. The Balaban J connectivity index is 0.000000559. The summed E-state index contributed by atoms with van der Waals surface area (Å²) >= 11 is 0. The van der Waals surface area contributed by atoms with E-state index in [4.69, 9.17) is 14.4 Å². The van der Waals surface area contributed by atoms with Crippen molar-refractivity contribution in [2.75, 3.05) is 23.1 Å². The molecular weight excluding hydrogens is 577 g/mol. The van der Waals surface area contributed by atoms with Crippen molar-refractivity contribution in [1.82, 2.24) is 10.1 Å². The van der Waals surface area contributed by atoms with E-state index in [1.807, 2.05) is 9.62 Å². The van der Waals surface area contributed by atoms with Gasteiger partial charge in [0, 0.05) is 36.0 Å². The number of halogens is 7. The molecule has 0 amide bonds. The second-order valence-electron chi connectivity index (χ2n) is 8.47. The fraction of sp³-hybridized carbons (Fsp3) is 0.304. The number of aliphatic carboxylic acids is 1. The van der Waals surface area contributed by atoms with Crippen LogP contribution in [0.15, 0.2) is 39.8 Å². The molecule has 2 heterocycles. The smallest absolute Gasteiger partial charge is 0.475 e. The summed E-state index contributed by atoms with van der Waals surface area (Å²) in [4.78, 5) is 9.64. The van der Waals surface area contributed by atoms with Crippen molar-refractivity contribution in [3.63, 3.8) is 0 Å². The molecule has 0 radical (unpaired) electrons. The Bertz CT molecular complexity index is 1470. The monoisotopic (exact) mass is 598 g/mol. The van der Waals surface area contributed by atoms with Crippen molar-refractivity contribution in [2.24, 2.45) is 0 Å². The van der Waals surface area contributed by atoms with Gasteiger partial charge in [-0.3, -0.25) is 9.62 Å². The Morgan fingerprint density at radius 3 is 2.02 bits per heavy atom. The van der Waals surface area contributed by atoms with Crippen molar-refractivity contribution in [2.45, 2.75) is 37.5 Å². The first-order valence-corrected chi connectivity index (χ1v) is 12.7. The van der Waals surface area contributed by atoms with Gasteiger partial charge >= 0.3 is 12.1 Å². The summed E-state index contributed by atoms with van der Waals surface area (Å²) in [6.07, 6.45) is -4.11. The number of hydrogen-bond acceptors (Lipinski definition) is 7. The molecule has 3 N–H and O–H groups in total. The molecule has 17 heteroatoms. The second kappa shape index (κ2) is 12.1. The average Bonchev–Trinajstić information content (AvgIpc) is 3.20. The van der Waals surface area contributed by atoms with Crippen LogP contribution in [-0.4, -0.2) is 48.8 Å². The maximum Gasteiger partial charge on any atom is 0.490 e. The number of anilines is 2. The summed E-state index contributed by atoms with van der Waals surface area (Å²) < 4.78 is 121. The number of carboxylic acid groups (broad SMARTS) is 1. The average molecular weight is 598 g/mol. The van der Waals surface area contributed by atoms with E-state index in [0.29, 0.717) is 5.76 Å². The minimum absolute atomic E-state index is 0.0301. The minimum Gasteiger partial charge on any atom is -0.475 e. The SMILES string of the molecule is Cc1cc(NS(=O)(=O)c2c(F)cc(NCc3c(F)ccc(F)c3CN3CCC3)cc2F)no1.O=C(O)C(F)(F)F. The number of aromatic nitrogens is 1. The van der Waals surface area contributed by atoms with Gasteiger partial charge in [-0.2, -0.15) is 13.2 Å². The Morgan fingerprint density at radius 2 is 1.57 bits per heavy atom. The van der Waals surface area contributed by atoms with Gasteiger partial charge in [-0.1, -0.05) is 5.16 Å². The fourth-order valence-corrected chi connectivity index (χ4v) is 4.58. The highest BCUT2D eigenvalue weighted by atomic mass is 32.2. The molecule has 2 aromatic carbocycles. The quantitative estimate of drug-likeness (QED) is 0.316. The van der Waals surface area contributed by atoms with E-state index < -0.39 is 50.3 Å². The summed E-state index contributed by atoms with van der Waals surface area (Å²) in [5.74, 6) is -6.67. The van der Waals surface area contributed by atoms with E-state index in [0.717, 1.165) is 43.8 Å². The first kappa shape index (κ1) is 30.7. The summed E-state index contributed by atoms with van der Waals surface area (Å²) in [6, 6.07) is 4.79. The molecule has 0 spiro atoms. The molecule has 1 aliphatic rings. The lowest BCUT2D eigenvalue weighted by Crippen LogP contribution is -2.37. The molecule has 0 aliphatic carbocycles. The van der Waals surface area contributed by atoms with Crippen molar-refractivity contribution in [3.05, 3.63) is 70.5 Å². The zero-order valence-electron chi connectivity index (χ0n) is 20.5. The van der Waals surface area contributed by atoms with E-state index in [1.54, 1.807) is 0 Å². The molecule has 1 aromatic heterocycles. The highest BCUT2D eigenvalue weighted by molar-refractivity contribution is 7.92. The first-order valence-electron chi connectivity index (χ1n) is 11.3. The van der Waals surface area contributed by atoms with Gasteiger partial charge in [0.2, 0.25) is 0 Å².